The standard InChI is InChI=1S/C13H18F3N3O/c1-9(7-17-2)8-18-12(20)19-11-5-3-10(4-6-11)13(14,15)16/h3-6,9,17H,7-8H2,1-2H3,(H2,18,19,20). The van der Waals surface area contributed by atoms with Gasteiger partial charge in [-0.1, -0.05) is 6.92 Å². The third-order valence-electron chi connectivity index (χ3n) is 2.63. The van der Waals surface area contributed by atoms with E-state index in [9.17, 15) is 18.0 Å². The summed E-state index contributed by atoms with van der Waals surface area (Å²) in [6, 6.07) is 3.87. The third kappa shape index (κ3) is 5.48. The third-order valence-corrected chi connectivity index (χ3v) is 2.63. The minimum absolute atomic E-state index is 0.262. The molecule has 1 rings (SSSR count). The number of hydrogen-bond acceptors (Lipinski definition) is 2. The van der Waals surface area contributed by atoms with Crippen molar-refractivity contribution < 1.29 is 18.0 Å². The maximum atomic E-state index is 12.4. The number of benzene rings is 1. The van der Waals surface area contributed by atoms with E-state index in [0.29, 0.717) is 12.2 Å². The van der Waals surface area contributed by atoms with E-state index in [1.54, 1.807) is 0 Å². The molecule has 0 spiro atoms. The molecule has 3 N–H and O–H groups in total. The van der Waals surface area contributed by atoms with E-state index >= 15 is 0 Å². The lowest BCUT2D eigenvalue weighted by Gasteiger charge is -2.13. The Kier molecular flexibility index (Phi) is 5.82. The molecule has 0 fully saturated rings. The van der Waals surface area contributed by atoms with Gasteiger partial charge in [-0.2, -0.15) is 13.2 Å². The molecule has 4 nitrogen and oxygen atoms in total. The van der Waals surface area contributed by atoms with Gasteiger partial charge in [-0.15, -0.1) is 0 Å². The molecule has 1 aromatic rings. The van der Waals surface area contributed by atoms with Gasteiger partial charge in [-0.25, -0.2) is 4.79 Å². The van der Waals surface area contributed by atoms with Gasteiger partial charge in [0.25, 0.3) is 0 Å². The summed E-state index contributed by atoms with van der Waals surface area (Å²) in [5.74, 6) is 0.262. The zero-order chi connectivity index (χ0) is 15.2. The van der Waals surface area contributed by atoms with E-state index in [0.717, 1.165) is 18.7 Å². The Morgan fingerprint density at radius 3 is 2.30 bits per heavy atom. The SMILES string of the molecule is CNCC(C)CNC(=O)Nc1ccc(C(F)(F)F)cc1. The highest BCUT2D eigenvalue weighted by molar-refractivity contribution is 5.89. The van der Waals surface area contributed by atoms with Crippen molar-refractivity contribution in [2.24, 2.45) is 5.92 Å². The summed E-state index contributed by atoms with van der Waals surface area (Å²) in [5, 5.41) is 8.11. The Labute approximate surface area is 115 Å². The molecular weight excluding hydrogens is 271 g/mol. The van der Waals surface area contributed by atoms with Gasteiger partial charge in [0, 0.05) is 12.2 Å². The van der Waals surface area contributed by atoms with Gasteiger partial charge in [0.05, 0.1) is 5.56 Å². The number of rotatable bonds is 5. The van der Waals surface area contributed by atoms with E-state index < -0.39 is 17.8 Å². The summed E-state index contributed by atoms with van der Waals surface area (Å²) in [4.78, 5) is 11.5. The summed E-state index contributed by atoms with van der Waals surface area (Å²) in [5.41, 5.74) is -0.428. The van der Waals surface area contributed by atoms with Gasteiger partial charge in [-0.05, 0) is 43.8 Å². The number of alkyl halides is 3. The summed E-state index contributed by atoms with van der Waals surface area (Å²) >= 11 is 0. The number of urea groups is 1. The molecule has 0 heterocycles. The lowest BCUT2D eigenvalue weighted by atomic mass is 10.2. The first-order valence-corrected chi connectivity index (χ1v) is 6.19. The van der Waals surface area contributed by atoms with E-state index in [1.807, 2.05) is 14.0 Å². The molecule has 7 heteroatoms. The first-order chi connectivity index (χ1) is 9.32. The summed E-state index contributed by atoms with van der Waals surface area (Å²) in [7, 11) is 1.82. The van der Waals surface area contributed by atoms with E-state index in [2.05, 4.69) is 16.0 Å². The largest absolute Gasteiger partial charge is 0.416 e. The first kappa shape index (κ1) is 16.3. The van der Waals surface area contributed by atoms with Crippen molar-refractivity contribution >= 4 is 11.7 Å². The predicted octanol–water partition coefficient (Wildman–Crippen LogP) is 2.68. The molecule has 112 valence electrons. The molecule has 0 aromatic heterocycles. The minimum Gasteiger partial charge on any atom is -0.338 e. The van der Waals surface area contributed by atoms with Crippen LogP contribution in [0.25, 0.3) is 0 Å². The highest BCUT2D eigenvalue weighted by Gasteiger charge is 2.29. The van der Waals surface area contributed by atoms with Crippen molar-refractivity contribution in [2.45, 2.75) is 13.1 Å². The molecular formula is C13H18F3N3O. The van der Waals surface area contributed by atoms with Gasteiger partial charge in [0.2, 0.25) is 0 Å². The van der Waals surface area contributed by atoms with E-state index in [-0.39, 0.29) is 5.92 Å². The Bertz CT molecular complexity index is 431. The number of amides is 2. The lowest BCUT2D eigenvalue weighted by Crippen LogP contribution is -2.35. The molecule has 0 saturated heterocycles. The summed E-state index contributed by atoms with van der Waals surface area (Å²) in [6.45, 7) is 3.21. The van der Waals surface area contributed by atoms with Gasteiger partial charge < -0.3 is 16.0 Å². The second-order valence-electron chi connectivity index (χ2n) is 4.57. The maximum absolute atomic E-state index is 12.4. The molecule has 0 bridgehead atoms. The molecule has 1 atom stereocenters. The molecule has 20 heavy (non-hydrogen) atoms. The zero-order valence-electron chi connectivity index (χ0n) is 11.3. The number of carbonyl (C=O) groups is 1. The van der Waals surface area contributed by atoms with Gasteiger partial charge in [-0.3, -0.25) is 0 Å². The van der Waals surface area contributed by atoms with Crippen LogP contribution in [0.1, 0.15) is 12.5 Å². The normalized spacial score (nSPS) is 12.8. The fraction of sp³-hybridized carbons (Fsp3) is 0.462. The zero-order valence-corrected chi connectivity index (χ0v) is 11.3. The molecule has 2 amide bonds. The van der Waals surface area contributed by atoms with Gasteiger partial charge >= 0.3 is 12.2 Å². The average Bonchev–Trinajstić information content (AvgIpc) is 2.36. The van der Waals surface area contributed by atoms with E-state index in [1.165, 1.54) is 12.1 Å². The predicted molar refractivity (Wildman–Crippen MR) is 71.6 cm³/mol. The quantitative estimate of drug-likeness (QED) is 0.780. The number of halogens is 3. The van der Waals surface area contributed by atoms with Crippen LogP contribution in [0, 0.1) is 5.92 Å². The van der Waals surface area contributed by atoms with Crippen LogP contribution >= 0.6 is 0 Å². The maximum Gasteiger partial charge on any atom is 0.416 e. The van der Waals surface area contributed by atoms with Crippen molar-refractivity contribution in [1.29, 1.82) is 0 Å². The lowest BCUT2D eigenvalue weighted by molar-refractivity contribution is -0.137. The van der Waals surface area contributed by atoms with Crippen molar-refractivity contribution in [3.8, 4) is 0 Å². The van der Waals surface area contributed by atoms with Crippen LogP contribution in [0.4, 0.5) is 23.7 Å². The first-order valence-electron chi connectivity index (χ1n) is 6.19. The Morgan fingerprint density at radius 1 is 1.20 bits per heavy atom. The molecule has 0 saturated carbocycles. The van der Waals surface area contributed by atoms with Crippen molar-refractivity contribution in [2.75, 3.05) is 25.5 Å². The summed E-state index contributed by atoms with van der Waals surface area (Å²) in [6.07, 6.45) is -4.37. The van der Waals surface area contributed by atoms with Gasteiger partial charge in [0.1, 0.15) is 0 Å². The van der Waals surface area contributed by atoms with Crippen molar-refractivity contribution in [3.63, 3.8) is 0 Å². The van der Waals surface area contributed by atoms with Gasteiger partial charge in [0.15, 0.2) is 0 Å². The van der Waals surface area contributed by atoms with Crippen LogP contribution in [-0.2, 0) is 6.18 Å². The summed E-state index contributed by atoms with van der Waals surface area (Å²) < 4.78 is 37.1. The Morgan fingerprint density at radius 2 is 1.80 bits per heavy atom. The smallest absolute Gasteiger partial charge is 0.338 e. The Balaban J connectivity index is 2.46. The van der Waals surface area contributed by atoms with Crippen molar-refractivity contribution in [1.82, 2.24) is 10.6 Å². The number of carbonyl (C=O) groups excluding carboxylic acids is 1. The average molecular weight is 289 g/mol. The molecule has 1 aromatic carbocycles. The fourth-order valence-corrected chi connectivity index (χ4v) is 1.61. The number of anilines is 1. The van der Waals surface area contributed by atoms with Crippen LogP contribution < -0.4 is 16.0 Å². The van der Waals surface area contributed by atoms with Crippen molar-refractivity contribution in [3.05, 3.63) is 29.8 Å². The van der Waals surface area contributed by atoms with E-state index in [4.69, 9.17) is 0 Å². The second kappa shape index (κ2) is 7.14. The number of hydrogen-bond donors (Lipinski definition) is 3. The van der Waals surface area contributed by atoms with Crippen LogP contribution in [0.15, 0.2) is 24.3 Å². The highest BCUT2D eigenvalue weighted by Crippen LogP contribution is 2.29. The van der Waals surface area contributed by atoms with Crippen LogP contribution in [0.5, 0.6) is 0 Å². The molecule has 0 aliphatic rings. The molecule has 0 aliphatic carbocycles. The fourth-order valence-electron chi connectivity index (χ4n) is 1.61. The Hall–Kier alpha value is -1.76. The monoisotopic (exact) mass is 289 g/mol. The molecule has 0 radical (unpaired) electrons. The van der Waals surface area contributed by atoms with Crippen LogP contribution in [0.3, 0.4) is 0 Å². The minimum atomic E-state index is -4.37. The molecule has 1 unspecified atom stereocenters. The van der Waals surface area contributed by atoms with Crippen LogP contribution in [-0.4, -0.2) is 26.2 Å². The second-order valence-corrected chi connectivity index (χ2v) is 4.57. The molecule has 0 aliphatic heterocycles. The topological polar surface area (TPSA) is 53.2 Å². The highest BCUT2D eigenvalue weighted by atomic mass is 19.4. The number of nitrogens with one attached hydrogen (secondary N) is 3. The van der Waals surface area contributed by atoms with Crippen LogP contribution in [0.2, 0.25) is 0 Å².